The minimum absolute atomic E-state index is 0.00560. The number of fused-ring (bicyclic) bond motifs is 3. The number of benzene rings is 8. The topological polar surface area (TPSA) is 6.48 Å². The highest BCUT2D eigenvalue weighted by Gasteiger charge is 2.58. The molecule has 0 N–H and O–H groups in total. The van der Waals surface area contributed by atoms with Crippen LogP contribution in [0.15, 0.2) is 206 Å². The fourth-order valence-corrected chi connectivity index (χ4v) is 13.1. The van der Waals surface area contributed by atoms with E-state index in [1.807, 2.05) is 0 Å². The van der Waals surface area contributed by atoms with E-state index in [1.54, 1.807) is 0 Å². The van der Waals surface area contributed by atoms with Gasteiger partial charge in [0.1, 0.15) is 0 Å². The second-order valence-electron chi connectivity index (χ2n) is 19.4. The average molecular weight is 815 g/mol. The number of hydrogen-bond acceptors (Lipinski definition) is 2. The summed E-state index contributed by atoms with van der Waals surface area (Å²) in [5.74, 6) is 3.05. The molecule has 308 valence electrons. The van der Waals surface area contributed by atoms with E-state index < -0.39 is 0 Å². The molecule has 4 fully saturated rings. The summed E-state index contributed by atoms with van der Waals surface area (Å²) in [6, 6.07) is 77.2. The Morgan fingerprint density at radius 1 is 0.349 bits per heavy atom. The van der Waals surface area contributed by atoms with Crippen LogP contribution in [-0.2, 0) is 10.8 Å². The van der Waals surface area contributed by atoms with Crippen LogP contribution in [0, 0.1) is 23.7 Å². The number of nitrogens with zero attached hydrogens (tertiary/aromatic N) is 2. The largest absolute Gasteiger partial charge is 0.311 e. The lowest BCUT2D eigenvalue weighted by molar-refractivity contribution is -0.0418. The van der Waals surface area contributed by atoms with Gasteiger partial charge in [0.05, 0.1) is 0 Å². The van der Waals surface area contributed by atoms with Crippen molar-refractivity contribution >= 4 is 34.1 Å². The summed E-state index contributed by atoms with van der Waals surface area (Å²) in [7, 11) is 0. The number of rotatable bonds is 9. The van der Waals surface area contributed by atoms with E-state index in [0.717, 1.165) is 11.8 Å². The van der Waals surface area contributed by atoms with Crippen LogP contribution in [0.1, 0.15) is 68.2 Å². The van der Waals surface area contributed by atoms with Gasteiger partial charge in [0.15, 0.2) is 0 Å². The van der Waals surface area contributed by atoms with Crippen molar-refractivity contribution in [1.82, 2.24) is 0 Å². The van der Waals surface area contributed by atoms with Crippen molar-refractivity contribution in [1.29, 1.82) is 0 Å². The van der Waals surface area contributed by atoms with Crippen LogP contribution in [0.25, 0.3) is 22.3 Å². The van der Waals surface area contributed by atoms with Crippen LogP contribution in [0.5, 0.6) is 0 Å². The molecule has 0 spiro atoms. The Morgan fingerprint density at radius 2 is 0.778 bits per heavy atom. The van der Waals surface area contributed by atoms with Crippen LogP contribution in [-0.4, -0.2) is 0 Å². The van der Waals surface area contributed by atoms with Crippen LogP contribution >= 0.6 is 0 Å². The Labute approximate surface area is 373 Å². The van der Waals surface area contributed by atoms with Crippen molar-refractivity contribution in [2.45, 2.75) is 56.8 Å². The maximum Gasteiger partial charge on any atom is 0.0465 e. The molecule has 0 amide bonds. The zero-order chi connectivity index (χ0) is 42.1. The zero-order valence-corrected chi connectivity index (χ0v) is 36.4. The molecule has 4 bridgehead atoms. The quantitative estimate of drug-likeness (QED) is 0.143. The molecule has 0 radical (unpaired) electrons. The first kappa shape index (κ1) is 38.1. The van der Waals surface area contributed by atoms with Gasteiger partial charge in [-0.15, -0.1) is 0 Å². The first-order valence-corrected chi connectivity index (χ1v) is 23.3. The molecule has 4 saturated carbocycles. The molecule has 8 aromatic carbocycles. The van der Waals surface area contributed by atoms with Crippen molar-refractivity contribution < 1.29 is 0 Å². The van der Waals surface area contributed by atoms with Gasteiger partial charge >= 0.3 is 0 Å². The van der Waals surface area contributed by atoms with Gasteiger partial charge in [-0.25, -0.2) is 0 Å². The van der Waals surface area contributed by atoms with Gasteiger partial charge in [-0.1, -0.05) is 141 Å². The lowest BCUT2D eigenvalue weighted by atomic mass is 9.42. The highest BCUT2D eigenvalue weighted by Crippen LogP contribution is 2.65. The summed E-state index contributed by atoms with van der Waals surface area (Å²) in [4.78, 5) is 4.86. The van der Waals surface area contributed by atoms with E-state index in [1.165, 1.54) is 111 Å². The highest BCUT2D eigenvalue weighted by atomic mass is 15.1. The molecule has 0 unspecified atom stereocenters. The van der Waals surface area contributed by atoms with Crippen LogP contribution < -0.4 is 9.80 Å². The first-order chi connectivity index (χ1) is 30.9. The van der Waals surface area contributed by atoms with Gasteiger partial charge < -0.3 is 9.80 Å². The molecule has 2 heteroatoms. The lowest BCUT2D eigenvalue weighted by Crippen LogP contribution is -2.56. The third-order valence-electron chi connectivity index (χ3n) is 15.7. The Morgan fingerprint density at radius 3 is 1.27 bits per heavy atom. The molecule has 5 aliphatic rings. The smallest absolute Gasteiger partial charge is 0.0465 e. The summed E-state index contributed by atoms with van der Waals surface area (Å²) in [5.41, 5.74) is 17.9. The second-order valence-corrected chi connectivity index (χ2v) is 19.4. The third-order valence-corrected chi connectivity index (χ3v) is 15.7. The molecule has 0 aromatic heterocycles. The number of para-hydroxylation sites is 3. The monoisotopic (exact) mass is 814 g/mol. The van der Waals surface area contributed by atoms with Gasteiger partial charge in [-0.2, -0.15) is 0 Å². The van der Waals surface area contributed by atoms with E-state index >= 15 is 0 Å². The summed E-state index contributed by atoms with van der Waals surface area (Å²) >= 11 is 0. The molecule has 63 heavy (non-hydrogen) atoms. The predicted molar refractivity (Wildman–Crippen MR) is 263 cm³/mol. The summed E-state index contributed by atoms with van der Waals surface area (Å²) < 4.78 is 0. The molecule has 0 atom stereocenters. The second kappa shape index (κ2) is 15.0. The van der Waals surface area contributed by atoms with Crippen molar-refractivity contribution in [3.05, 3.63) is 229 Å². The fourth-order valence-electron chi connectivity index (χ4n) is 13.1. The summed E-state index contributed by atoms with van der Waals surface area (Å²) in [6.45, 7) is 4.78. The third kappa shape index (κ3) is 6.21. The van der Waals surface area contributed by atoms with Gasteiger partial charge in [-0.05, 0) is 179 Å². The molecule has 13 rings (SSSR count). The van der Waals surface area contributed by atoms with Crippen molar-refractivity contribution in [3.63, 3.8) is 0 Å². The molecule has 5 aliphatic carbocycles. The molecule has 8 aromatic rings. The molecule has 2 nitrogen and oxygen atoms in total. The van der Waals surface area contributed by atoms with Crippen molar-refractivity contribution in [2.24, 2.45) is 23.7 Å². The normalized spacial score (nSPS) is 22.3. The minimum atomic E-state index is -0.122. The molecule has 0 saturated heterocycles. The highest BCUT2D eigenvalue weighted by molar-refractivity contribution is 5.88. The summed E-state index contributed by atoms with van der Waals surface area (Å²) in [6.07, 6.45) is 6.80. The minimum Gasteiger partial charge on any atom is -0.311 e. The van der Waals surface area contributed by atoms with E-state index in [2.05, 4.69) is 230 Å². The zero-order valence-electron chi connectivity index (χ0n) is 36.4. The van der Waals surface area contributed by atoms with Crippen molar-refractivity contribution in [2.75, 3.05) is 9.80 Å². The first-order valence-electron chi connectivity index (χ1n) is 23.3. The summed E-state index contributed by atoms with van der Waals surface area (Å²) in [5, 5.41) is 0. The molecular formula is C61H54N2. The van der Waals surface area contributed by atoms with E-state index in [9.17, 15) is 0 Å². The maximum absolute atomic E-state index is 2.51. The van der Waals surface area contributed by atoms with E-state index in [-0.39, 0.29) is 10.8 Å². The van der Waals surface area contributed by atoms with Crippen molar-refractivity contribution in [3.8, 4) is 22.3 Å². The number of anilines is 6. The molecular weight excluding hydrogens is 761 g/mol. The van der Waals surface area contributed by atoms with Crippen LogP contribution in [0.3, 0.4) is 0 Å². The van der Waals surface area contributed by atoms with E-state index in [0.29, 0.717) is 11.8 Å². The standard InChI is InChI=1S/C61H54N2/c1-60(2)58-34-23-45(44-15-7-3-8-16-44)40-57(58)56-33-32-55(41-59(56)60)63(52-21-13-6-14-22-52)54-30-26-47(27-31-54)61(48-36-42-35-43(38-48)39-49(61)37-42)46-24-28-53(29-25-46)62(50-17-9-4-10-18-50)51-19-11-5-12-20-51/h3-34,40-43,48-49H,35-39H2,1-2H3. The SMILES string of the molecule is CC1(C)c2ccc(-c3ccccc3)cc2-c2ccc(N(c3ccccc3)c3ccc(C4(c5ccc(N(c6ccccc6)c6ccccc6)cc5)C5CC6CC(C5)CC4C6)cc3)cc21. The van der Waals surface area contributed by atoms with Gasteiger partial charge in [-0.3, -0.25) is 0 Å². The Hall–Kier alpha value is -6.64. The van der Waals surface area contributed by atoms with Crippen LogP contribution in [0.4, 0.5) is 34.1 Å². The number of hydrogen-bond donors (Lipinski definition) is 0. The van der Waals surface area contributed by atoms with Gasteiger partial charge in [0.2, 0.25) is 0 Å². The average Bonchev–Trinajstić information content (AvgIpc) is 3.56. The van der Waals surface area contributed by atoms with Gasteiger partial charge in [0, 0.05) is 45.0 Å². The Bertz CT molecular complexity index is 2830. The Balaban J connectivity index is 0.938. The predicted octanol–water partition coefficient (Wildman–Crippen LogP) is 16.3. The molecule has 0 heterocycles. The Kier molecular flexibility index (Phi) is 9.08. The van der Waals surface area contributed by atoms with E-state index in [4.69, 9.17) is 0 Å². The lowest BCUT2D eigenvalue weighted by Gasteiger charge is -2.62. The van der Waals surface area contributed by atoms with Gasteiger partial charge in [0.25, 0.3) is 0 Å². The fraction of sp³-hybridized carbons (Fsp3) is 0.213. The maximum atomic E-state index is 2.51. The van der Waals surface area contributed by atoms with Crippen LogP contribution in [0.2, 0.25) is 0 Å². The molecule has 0 aliphatic heterocycles.